The number of carbonyl (C=O) groups excluding carboxylic acids is 2. The fourth-order valence-electron chi connectivity index (χ4n) is 2.86. The summed E-state index contributed by atoms with van der Waals surface area (Å²) in [7, 11) is 0. The van der Waals surface area contributed by atoms with Crippen molar-refractivity contribution < 1.29 is 14.3 Å². The first-order chi connectivity index (χ1) is 13.2. The second kappa shape index (κ2) is 8.68. The number of hydrogen-bond donors (Lipinski definition) is 2. The van der Waals surface area contributed by atoms with Gasteiger partial charge in [-0.25, -0.2) is 4.79 Å². The number of rotatable bonds is 7. The Morgan fingerprint density at radius 3 is 2.63 bits per heavy atom. The lowest BCUT2D eigenvalue weighted by atomic mass is 10.0. The number of H-pyrrole nitrogens is 1. The van der Waals surface area contributed by atoms with E-state index < -0.39 is 17.9 Å². The van der Waals surface area contributed by atoms with Crippen LogP contribution in [0.1, 0.15) is 17.5 Å². The number of aromatic nitrogens is 1. The number of nitrogens with zero attached hydrogens (tertiary/aromatic N) is 1. The molecule has 0 radical (unpaired) electrons. The maximum atomic E-state index is 12.6. The van der Waals surface area contributed by atoms with Gasteiger partial charge in [-0.15, -0.1) is 0 Å². The van der Waals surface area contributed by atoms with Crippen LogP contribution >= 0.6 is 0 Å². The first-order valence-corrected chi connectivity index (χ1v) is 8.59. The Labute approximate surface area is 156 Å². The van der Waals surface area contributed by atoms with E-state index in [1.807, 2.05) is 60.8 Å². The molecule has 2 N–H and O–H groups in total. The van der Waals surface area contributed by atoms with E-state index in [1.54, 1.807) is 6.07 Å². The molecule has 0 bridgehead atoms. The van der Waals surface area contributed by atoms with Crippen LogP contribution in [0.4, 0.5) is 0 Å². The smallest absolute Gasteiger partial charge is 0.329 e. The van der Waals surface area contributed by atoms with Gasteiger partial charge in [0.25, 0.3) is 0 Å². The number of benzene rings is 2. The first-order valence-electron chi connectivity index (χ1n) is 8.59. The van der Waals surface area contributed by atoms with Crippen LogP contribution in [0.3, 0.4) is 0 Å². The number of aromatic amines is 1. The normalized spacial score (nSPS) is 11.5. The highest BCUT2D eigenvalue weighted by Crippen LogP contribution is 2.19. The van der Waals surface area contributed by atoms with Crippen molar-refractivity contribution in [3.8, 4) is 6.07 Å². The molecule has 1 amide bonds. The molecule has 6 heteroatoms. The van der Waals surface area contributed by atoms with Crippen molar-refractivity contribution in [3.63, 3.8) is 0 Å². The van der Waals surface area contributed by atoms with Crippen molar-refractivity contribution in [1.82, 2.24) is 10.3 Å². The van der Waals surface area contributed by atoms with Crippen LogP contribution in [-0.2, 0) is 27.4 Å². The molecule has 0 aliphatic rings. The molecule has 1 heterocycles. The van der Waals surface area contributed by atoms with Crippen LogP contribution in [0.25, 0.3) is 10.9 Å². The molecule has 27 heavy (non-hydrogen) atoms. The Morgan fingerprint density at radius 2 is 1.85 bits per heavy atom. The topological polar surface area (TPSA) is 95.0 Å². The van der Waals surface area contributed by atoms with Crippen molar-refractivity contribution in [3.05, 3.63) is 71.9 Å². The number of nitriles is 1. The zero-order valence-corrected chi connectivity index (χ0v) is 14.6. The van der Waals surface area contributed by atoms with Gasteiger partial charge in [-0.05, 0) is 17.2 Å². The van der Waals surface area contributed by atoms with Gasteiger partial charge in [-0.2, -0.15) is 5.26 Å². The zero-order valence-electron chi connectivity index (χ0n) is 14.6. The van der Waals surface area contributed by atoms with E-state index >= 15 is 0 Å². The maximum Gasteiger partial charge on any atom is 0.329 e. The van der Waals surface area contributed by atoms with Crippen LogP contribution in [0, 0.1) is 11.3 Å². The lowest BCUT2D eigenvalue weighted by Crippen LogP contribution is -2.43. The number of hydrogen-bond acceptors (Lipinski definition) is 4. The molecule has 136 valence electrons. The Hall–Kier alpha value is -3.59. The number of fused-ring (bicyclic) bond motifs is 1. The highest BCUT2D eigenvalue weighted by molar-refractivity contribution is 5.87. The molecule has 0 saturated heterocycles. The summed E-state index contributed by atoms with van der Waals surface area (Å²) in [6.07, 6.45) is 1.78. The Bertz CT molecular complexity index is 973. The predicted octanol–water partition coefficient (Wildman–Crippen LogP) is 2.85. The van der Waals surface area contributed by atoms with Crippen molar-refractivity contribution in [2.45, 2.75) is 25.5 Å². The summed E-state index contributed by atoms with van der Waals surface area (Å²) in [4.78, 5) is 27.6. The summed E-state index contributed by atoms with van der Waals surface area (Å²) < 4.78 is 5.38. The van der Waals surface area contributed by atoms with E-state index in [-0.39, 0.29) is 19.4 Å². The molecule has 1 aromatic heterocycles. The summed E-state index contributed by atoms with van der Waals surface area (Å²) in [5.74, 6) is -1.03. The molecule has 2 aromatic carbocycles. The quantitative estimate of drug-likeness (QED) is 0.633. The van der Waals surface area contributed by atoms with E-state index in [4.69, 9.17) is 10.00 Å². The summed E-state index contributed by atoms with van der Waals surface area (Å²) >= 11 is 0. The van der Waals surface area contributed by atoms with Crippen LogP contribution in [0.2, 0.25) is 0 Å². The second-order valence-electron chi connectivity index (χ2n) is 6.11. The first kappa shape index (κ1) is 18.2. The molecule has 3 rings (SSSR count). The number of amides is 1. The van der Waals surface area contributed by atoms with E-state index in [1.165, 1.54) is 0 Å². The molecular formula is C21H19N3O3. The minimum absolute atomic E-state index is 0.123. The monoisotopic (exact) mass is 361 g/mol. The fraction of sp³-hybridized carbons (Fsp3) is 0.190. The third kappa shape index (κ3) is 4.73. The molecule has 0 spiro atoms. The fourth-order valence-corrected chi connectivity index (χ4v) is 2.86. The second-order valence-corrected chi connectivity index (χ2v) is 6.11. The summed E-state index contributed by atoms with van der Waals surface area (Å²) in [5, 5.41) is 12.3. The summed E-state index contributed by atoms with van der Waals surface area (Å²) in [6.45, 7) is 0.123. The maximum absolute atomic E-state index is 12.6. The molecule has 1 unspecified atom stereocenters. The molecule has 0 aliphatic carbocycles. The largest absolute Gasteiger partial charge is 0.459 e. The number of ether oxygens (including phenoxy) is 1. The number of nitrogens with one attached hydrogen (secondary N) is 2. The van der Waals surface area contributed by atoms with Gasteiger partial charge in [0.2, 0.25) is 5.91 Å². The Balaban J connectivity index is 1.74. The van der Waals surface area contributed by atoms with E-state index in [9.17, 15) is 9.59 Å². The zero-order chi connectivity index (χ0) is 19.1. The third-order valence-corrected chi connectivity index (χ3v) is 4.18. The highest BCUT2D eigenvalue weighted by Gasteiger charge is 2.24. The average Bonchev–Trinajstić information content (AvgIpc) is 3.09. The highest BCUT2D eigenvalue weighted by atomic mass is 16.5. The van der Waals surface area contributed by atoms with Crippen molar-refractivity contribution in [2.75, 3.05) is 0 Å². The molecule has 6 nitrogen and oxygen atoms in total. The molecule has 0 aliphatic heterocycles. The number of esters is 1. The van der Waals surface area contributed by atoms with Gasteiger partial charge in [0, 0.05) is 23.5 Å². The minimum Gasteiger partial charge on any atom is -0.459 e. The molecule has 1 atom stereocenters. The van der Waals surface area contributed by atoms with Gasteiger partial charge in [-0.3, -0.25) is 4.79 Å². The Kier molecular flexibility index (Phi) is 5.85. The van der Waals surface area contributed by atoms with Crippen molar-refractivity contribution in [2.24, 2.45) is 0 Å². The Morgan fingerprint density at radius 1 is 1.11 bits per heavy atom. The predicted molar refractivity (Wildman–Crippen MR) is 100 cm³/mol. The van der Waals surface area contributed by atoms with Gasteiger partial charge in [0.1, 0.15) is 19.1 Å². The van der Waals surface area contributed by atoms with Gasteiger partial charge < -0.3 is 15.0 Å². The van der Waals surface area contributed by atoms with Crippen molar-refractivity contribution >= 4 is 22.8 Å². The summed E-state index contributed by atoms with van der Waals surface area (Å²) in [5.41, 5.74) is 2.71. The standard InChI is InChI=1S/C21H19N3O3/c22-11-10-20(25)24-19(21(26)27-14-15-6-2-1-3-7-15)12-16-13-23-18-9-5-4-8-17(16)18/h1-9,13,19,23H,10,12,14H2,(H,24,25). The molecule has 0 saturated carbocycles. The van der Waals surface area contributed by atoms with Gasteiger partial charge in [-0.1, -0.05) is 48.5 Å². The van der Waals surface area contributed by atoms with Gasteiger partial charge in [0.05, 0.1) is 6.07 Å². The average molecular weight is 361 g/mol. The molecular weight excluding hydrogens is 342 g/mol. The lowest BCUT2D eigenvalue weighted by molar-refractivity contribution is -0.149. The minimum atomic E-state index is -0.867. The lowest BCUT2D eigenvalue weighted by Gasteiger charge is -2.17. The van der Waals surface area contributed by atoms with E-state index in [2.05, 4.69) is 10.3 Å². The molecule has 3 aromatic rings. The number of para-hydroxylation sites is 1. The van der Waals surface area contributed by atoms with Crippen LogP contribution in [0.5, 0.6) is 0 Å². The number of carbonyl (C=O) groups is 2. The van der Waals surface area contributed by atoms with Crippen molar-refractivity contribution in [1.29, 1.82) is 5.26 Å². The van der Waals surface area contributed by atoms with Crippen LogP contribution in [-0.4, -0.2) is 22.9 Å². The van der Waals surface area contributed by atoms with E-state index in [0.29, 0.717) is 0 Å². The van der Waals surface area contributed by atoms with Gasteiger partial charge >= 0.3 is 5.97 Å². The third-order valence-electron chi connectivity index (χ3n) is 4.18. The van der Waals surface area contributed by atoms with Crippen LogP contribution < -0.4 is 5.32 Å². The summed E-state index contributed by atoms with van der Waals surface area (Å²) in [6, 6.07) is 18.0. The van der Waals surface area contributed by atoms with Crippen LogP contribution in [0.15, 0.2) is 60.8 Å². The SMILES string of the molecule is N#CCC(=O)NC(Cc1c[nH]c2ccccc12)C(=O)OCc1ccccc1. The molecule has 0 fully saturated rings. The van der Waals surface area contributed by atoms with E-state index in [0.717, 1.165) is 22.0 Å². The van der Waals surface area contributed by atoms with Gasteiger partial charge in [0.15, 0.2) is 0 Å².